The van der Waals surface area contributed by atoms with Crippen LogP contribution < -0.4 is 0 Å². The van der Waals surface area contributed by atoms with E-state index < -0.39 is 0 Å². The van der Waals surface area contributed by atoms with Crippen molar-refractivity contribution >= 4 is 0 Å². The fraction of sp³-hybridized carbons (Fsp3) is 0.158. The number of hydrogen-bond acceptors (Lipinski definition) is 6. The third kappa shape index (κ3) is 3.52. The molecular formula is C19H17N5O2. The molecule has 4 rings (SSSR count). The number of nitrogens with zero attached hydrogens (tertiary/aromatic N) is 5. The van der Waals surface area contributed by atoms with Crippen molar-refractivity contribution in [3.63, 3.8) is 0 Å². The van der Waals surface area contributed by atoms with E-state index in [-0.39, 0.29) is 0 Å². The van der Waals surface area contributed by atoms with Gasteiger partial charge in [-0.2, -0.15) is 10.1 Å². The monoisotopic (exact) mass is 347 g/mol. The first-order valence-corrected chi connectivity index (χ1v) is 8.16. The molecule has 1 aromatic carbocycles. The van der Waals surface area contributed by atoms with Gasteiger partial charge < -0.3 is 9.26 Å². The van der Waals surface area contributed by atoms with Gasteiger partial charge in [0.15, 0.2) is 5.82 Å². The van der Waals surface area contributed by atoms with E-state index in [1.165, 1.54) is 0 Å². The van der Waals surface area contributed by atoms with Crippen LogP contribution in [0, 0.1) is 0 Å². The molecule has 0 aliphatic carbocycles. The van der Waals surface area contributed by atoms with Crippen molar-refractivity contribution in [1.82, 2.24) is 24.9 Å². The highest BCUT2D eigenvalue weighted by Gasteiger charge is 2.09. The molecule has 0 fully saturated rings. The highest BCUT2D eigenvalue weighted by Crippen LogP contribution is 2.25. The van der Waals surface area contributed by atoms with Crippen molar-refractivity contribution < 1.29 is 9.26 Å². The summed E-state index contributed by atoms with van der Waals surface area (Å²) in [7, 11) is 1.59. The molecule has 0 saturated heterocycles. The van der Waals surface area contributed by atoms with E-state index in [1.54, 1.807) is 24.2 Å². The van der Waals surface area contributed by atoms with Crippen LogP contribution in [-0.2, 0) is 17.9 Å². The molecule has 26 heavy (non-hydrogen) atoms. The molecular weight excluding hydrogens is 330 g/mol. The first-order chi connectivity index (χ1) is 12.8. The van der Waals surface area contributed by atoms with Gasteiger partial charge in [0.1, 0.15) is 13.2 Å². The minimum Gasteiger partial charge on any atom is -0.375 e. The fourth-order valence-electron chi connectivity index (χ4n) is 2.69. The molecule has 3 aromatic heterocycles. The van der Waals surface area contributed by atoms with E-state index in [4.69, 9.17) is 9.26 Å². The standard InChI is InChI=1S/C19H17N5O2/c1-25-13-19-21-18(23-26-19)12-24-10-7-17(22-24)16-4-2-3-15(11-16)14-5-8-20-9-6-14/h2-11H,12-13H2,1H3. The van der Waals surface area contributed by atoms with Gasteiger partial charge in [0, 0.05) is 31.3 Å². The van der Waals surface area contributed by atoms with Crippen molar-refractivity contribution in [3.05, 3.63) is 72.8 Å². The Kier molecular flexibility index (Phi) is 4.53. The number of methoxy groups -OCH3 is 1. The summed E-state index contributed by atoms with van der Waals surface area (Å²) in [5, 5.41) is 8.55. The molecule has 0 aliphatic rings. The van der Waals surface area contributed by atoms with Crippen LogP contribution in [0.5, 0.6) is 0 Å². The zero-order valence-corrected chi connectivity index (χ0v) is 14.2. The third-order valence-electron chi connectivity index (χ3n) is 3.89. The maximum Gasteiger partial charge on any atom is 0.252 e. The molecule has 3 heterocycles. The Balaban J connectivity index is 1.54. The zero-order valence-electron chi connectivity index (χ0n) is 14.2. The molecule has 0 spiro atoms. The van der Waals surface area contributed by atoms with Gasteiger partial charge >= 0.3 is 0 Å². The molecule has 0 unspecified atom stereocenters. The van der Waals surface area contributed by atoms with Gasteiger partial charge in [0.05, 0.1) is 5.69 Å². The Morgan fingerprint density at radius 2 is 1.88 bits per heavy atom. The Hall–Kier alpha value is -3.32. The summed E-state index contributed by atoms with van der Waals surface area (Å²) in [6.07, 6.45) is 5.49. The lowest BCUT2D eigenvalue weighted by molar-refractivity contribution is 0.151. The summed E-state index contributed by atoms with van der Waals surface area (Å²) in [6.45, 7) is 0.746. The Bertz CT molecular complexity index is 994. The molecule has 0 saturated carbocycles. The average Bonchev–Trinajstić information content (AvgIpc) is 3.33. The maximum absolute atomic E-state index is 5.10. The molecule has 0 aliphatic heterocycles. The van der Waals surface area contributed by atoms with Gasteiger partial charge in [-0.15, -0.1) is 0 Å². The molecule has 0 atom stereocenters. The molecule has 0 N–H and O–H groups in total. The van der Waals surface area contributed by atoms with Crippen LogP contribution in [0.25, 0.3) is 22.4 Å². The van der Waals surface area contributed by atoms with Crippen molar-refractivity contribution in [2.24, 2.45) is 0 Å². The van der Waals surface area contributed by atoms with Gasteiger partial charge in [-0.25, -0.2) is 0 Å². The SMILES string of the molecule is COCc1nc(Cn2ccc(-c3cccc(-c4ccncc4)c3)n2)no1. The van der Waals surface area contributed by atoms with E-state index >= 15 is 0 Å². The molecule has 0 amide bonds. The average molecular weight is 347 g/mol. The number of benzene rings is 1. The summed E-state index contributed by atoms with van der Waals surface area (Å²) in [5.41, 5.74) is 4.19. The lowest BCUT2D eigenvalue weighted by atomic mass is 10.0. The van der Waals surface area contributed by atoms with Crippen LogP contribution in [-0.4, -0.2) is 32.0 Å². The molecule has 0 bridgehead atoms. The Labute approximate surface area is 150 Å². The maximum atomic E-state index is 5.10. The summed E-state index contributed by atoms with van der Waals surface area (Å²) < 4.78 is 11.9. The van der Waals surface area contributed by atoms with Crippen LogP contribution in [0.1, 0.15) is 11.7 Å². The molecule has 4 aromatic rings. The number of hydrogen-bond donors (Lipinski definition) is 0. The summed E-state index contributed by atoms with van der Waals surface area (Å²) in [5.74, 6) is 1.03. The lowest BCUT2D eigenvalue weighted by Crippen LogP contribution is -2.02. The van der Waals surface area contributed by atoms with Crippen LogP contribution >= 0.6 is 0 Å². The predicted molar refractivity (Wildman–Crippen MR) is 95.0 cm³/mol. The van der Waals surface area contributed by atoms with E-state index in [1.807, 2.05) is 36.5 Å². The normalized spacial score (nSPS) is 11.0. The highest BCUT2D eigenvalue weighted by molar-refractivity contribution is 5.70. The predicted octanol–water partition coefficient (Wildman–Crippen LogP) is 3.19. The Morgan fingerprint density at radius 3 is 2.73 bits per heavy atom. The minimum atomic E-state index is 0.305. The van der Waals surface area contributed by atoms with Crippen LogP contribution in [0.2, 0.25) is 0 Å². The molecule has 130 valence electrons. The van der Waals surface area contributed by atoms with Gasteiger partial charge in [-0.3, -0.25) is 9.67 Å². The van der Waals surface area contributed by atoms with Crippen molar-refractivity contribution in [2.45, 2.75) is 13.2 Å². The second kappa shape index (κ2) is 7.28. The lowest BCUT2D eigenvalue weighted by Gasteiger charge is -2.03. The van der Waals surface area contributed by atoms with Crippen LogP contribution in [0.4, 0.5) is 0 Å². The second-order valence-corrected chi connectivity index (χ2v) is 5.75. The first-order valence-electron chi connectivity index (χ1n) is 8.16. The van der Waals surface area contributed by atoms with Crippen LogP contribution in [0.15, 0.2) is 65.6 Å². The van der Waals surface area contributed by atoms with Gasteiger partial charge in [0.25, 0.3) is 5.89 Å². The number of rotatable bonds is 6. The van der Waals surface area contributed by atoms with E-state index in [9.17, 15) is 0 Å². The highest BCUT2D eigenvalue weighted by atomic mass is 16.5. The third-order valence-corrected chi connectivity index (χ3v) is 3.89. The van der Waals surface area contributed by atoms with Gasteiger partial charge in [-0.05, 0) is 35.4 Å². The summed E-state index contributed by atoms with van der Waals surface area (Å²) in [6, 6.07) is 14.2. The smallest absolute Gasteiger partial charge is 0.252 e. The zero-order chi connectivity index (χ0) is 17.8. The number of pyridine rings is 1. The Morgan fingerprint density at radius 1 is 1.04 bits per heavy atom. The topological polar surface area (TPSA) is 78.9 Å². The van der Waals surface area contributed by atoms with Gasteiger partial charge in [-0.1, -0.05) is 23.4 Å². The quantitative estimate of drug-likeness (QED) is 0.533. The molecule has 0 radical (unpaired) electrons. The largest absolute Gasteiger partial charge is 0.375 e. The number of ether oxygens (including phenoxy) is 1. The van der Waals surface area contributed by atoms with Crippen molar-refractivity contribution in [1.29, 1.82) is 0 Å². The molecule has 7 heteroatoms. The second-order valence-electron chi connectivity index (χ2n) is 5.75. The first kappa shape index (κ1) is 16.2. The summed E-state index contributed by atoms with van der Waals surface area (Å²) >= 11 is 0. The van der Waals surface area contributed by atoms with E-state index in [0.717, 1.165) is 22.4 Å². The minimum absolute atomic E-state index is 0.305. The molecule has 7 nitrogen and oxygen atoms in total. The van der Waals surface area contributed by atoms with Crippen molar-refractivity contribution in [2.75, 3.05) is 7.11 Å². The van der Waals surface area contributed by atoms with E-state index in [0.29, 0.717) is 24.9 Å². The fourth-order valence-corrected chi connectivity index (χ4v) is 2.69. The van der Waals surface area contributed by atoms with Gasteiger partial charge in [0.2, 0.25) is 0 Å². The number of aromatic nitrogens is 5. The van der Waals surface area contributed by atoms with E-state index in [2.05, 4.69) is 32.4 Å². The van der Waals surface area contributed by atoms with Crippen molar-refractivity contribution in [3.8, 4) is 22.4 Å². The summed E-state index contributed by atoms with van der Waals surface area (Å²) in [4.78, 5) is 8.33. The van der Waals surface area contributed by atoms with Crippen LogP contribution in [0.3, 0.4) is 0 Å².